The number of sulfonamides is 1. The molecule has 3 fully saturated rings. The molecule has 2 saturated heterocycles. The number of methoxy groups -OCH3 is 2. The van der Waals surface area contributed by atoms with Crippen molar-refractivity contribution in [3.8, 4) is 5.75 Å². The van der Waals surface area contributed by atoms with E-state index in [0.717, 1.165) is 83.1 Å². The van der Waals surface area contributed by atoms with Crippen molar-refractivity contribution in [1.82, 2.24) is 19.5 Å². The van der Waals surface area contributed by atoms with Gasteiger partial charge >= 0.3 is 0 Å². The van der Waals surface area contributed by atoms with Crippen molar-refractivity contribution in [3.63, 3.8) is 0 Å². The molecule has 57 heavy (non-hydrogen) atoms. The van der Waals surface area contributed by atoms with Crippen molar-refractivity contribution in [2.75, 3.05) is 91.4 Å². The van der Waals surface area contributed by atoms with Gasteiger partial charge in [0.15, 0.2) is 11.6 Å². The molecule has 1 aromatic heterocycles. The topological polar surface area (TPSA) is 123 Å². The Morgan fingerprint density at radius 3 is 2.75 bits per heavy atom. The zero-order valence-corrected chi connectivity index (χ0v) is 35.6. The zero-order chi connectivity index (χ0) is 40.0. The molecule has 6 aliphatic rings. The summed E-state index contributed by atoms with van der Waals surface area (Å²) in [4.78, 5) is 26.3. The average molecular weight is 827 g/mol. The number of anilines is 1. The number of pyridine rings is 1. The summed E-state index contributed by atoms with van der Waals surface area (Å²) in [5.41, 5.74) is 1.36. The van der Waals surface area contributed by atoms with Gasteiger partial charge in [0.2, 0.25) is 10.0 Å². The summed E-state index contributed by atoms with van der Waals surface area (Å²) in [5, 5.41) is -0.143. The molecule has 1 N–H and O–H groups in total. The van der Waals surface area contributed by atoms with Crippen molar-refractivity contribution in [2.24, 2.45) is 17.3 Å². The highest BCUT2D eigenvalue weighted by Crippen LogP contribution is 2.55. The number of rotatable bonds is 6. The second-order valence-corrected chi connectivity index (χ2v) is 20.3. The molecule has 1 saturated carbocycles. The second-order valence-electron chi connectivity index (χ2n) is 17.9. The summed E-state index contributed by atoms with van der Waals surface area (Å²) in [6.07, 6.45) is 9.99. The van der Waals surface area contributed by atoms with E-state index in [1.165, 1.54) is 11.1 Å². The summed E-state index contributed by atoms with van der Waals surface area (Å²) in [7, 11) is -0.720. The van der Waals surface area contributed by atoms with E-state index >= 15 is 0 Å². The van der Waals surface area contributed by atoms with Gasteiger partial charge in [-0.1, -0.05) is 43.7 Å². The van der Waals surface area contributed by atoms with Gasteiger partial charge in [-0.3, -0.25) is 14.6 Å². The van der Waals surface area contributed by atoms with Gasteiger partial charge < -0.3 is 23.8 Å². The maximum Gasteiger partial charge on any atom is 0.283 e. The Morgan fingerprint density at radius 1 is 1.11 bits per heavy atom. The Kier molecular flexibility index (Phi) is 11.8. The molecule has 8 rings (SSSR count). The predicted octanol–water partition coefficient (Wildman–Crippen LogP) is 5.09. The molecule has 2 aromatic rings. The third kappa shape index (κ3) is 7.99. The molecular formula is C43H60ClN5O7S. The number of carbonyl (C=O) groups is 1. The number of ether oxygens (including phenoxy) is 4. The number of amides is 1. The number of morpholine rings is 1. The third-order valence-corrected chi connectivity index (χ3v) is 16.5. The first-order valence-corrected chi connectivity index (χ1v) is 22.8. The number of fused-ring (bicyclic) bond motifs is 5. The number of hydrogen-bond acceptors (Lipinski definition) is 11. The van der Waals surface area contributed by atoms with E-state index in [2.05, 4.69) is 50.6 Å². The lowest BCUT2D eigenvalue weighted by atomic mass is 9.54. The third-order valence-electron chi connectivity index (χ3n) is 14.3. The van der Waals surface area contributed by atoms with Crippen LogP contribution in [0.3, 0.4) is 0 Å². The van der Waals surface area contributed by atoms with E-state index < -0.39 is 26.8 Å². The number of carbonyl (C=O) groups excluding carboxylic acids is 1. The molecule has 4 aliphatic heterocycles. The largest absolute Gasteiger partial charge is 0.489 e. The highest BCUT2D eigenvalue weighted by atomic mass is 35.5. The minimum absolute atomic E-state index is 0.0372. The van der Waals surface area contributed by atoms with Crippen LogP contribution >= 0.6 is 11.6 Å². The van der Waals surface area contributed by atoms with Crippen LogP contribution in [-0.2, 0) is 36.1 Å². The van der Waals surface area contributed by atoms with Crippen LogP contribution in [0.2, 0.25) is 5.02 Å². The highest BCUT2D eigenvalue weighted by Gasteiger charge is 2.56. The number of piperazine rings is 1. The van der Waals surface area contributed by atoms with Gasteiger partial charge in [0.05, 0.1) is 25.1 Å². The molecule has 312 valence electrons. The zero-order valence-electron chi connectivity index (χ0n) is 34.0. The Morgan fingerprint density at radius 2 is 1.96 bits per heavy atom. The normalized spacial score (nSPS) is 35.1. The quantitative estimate of drug-likeness (QED) is 0.393. The molecule has 1 aromatic carbocycles. The minimum atomic E-state index is -4.12. The van der Waals surface area contributed by atoms with Gasteiger partial charge in [-0.15, -0.1) is 0 Å². The van der Waals surface area contributed by atoms with Crippen molar-refractivity contribution in [1.29, 1.82) is 0 Å². The Balaban J connectivity index is 1.22. The first kappa shape index (κ1) is 41.0. The van der Waals surface area contributed by atoms with E-state index in [-0.39, 0.29) is 41.4 Å². The van der Waals surface area contributed by atoms with Crippen molar-refractivity contribution >= 4 is 33.3 Å². The summed E-state index contributed by atoms with van der Waals surface area (Å²) in [6, 6.07) is 9.94. The molecule has 2 unspecified atom stereocenters. The number of hydrogen-bond donors (Lipinski definition) is 1. The lowest BCUT2D eigenvalue weighted by Gasteiger charge is -2.58. The molecule has 7 atom stereocenters. The van der Waals surface area contributed by atoms with Crippen LogP contribution in [0.25, 0.3) is 0 Å². The standard InChI is InChI=1S/C43H60ClN5O7S/c1-30-7-5-16-43(54-4,28-47-18-19-48-20-22-55-25-33(48)24-47)38-13-17-41(38,2)26-49-27-42(15-6-8-31-23-32(44)9-10-34(31)42)29-56-36-12-11-35(45-39(36)49)40(50)46-57(51,52)37(30)14-21-53-3/h5,9-12,16,23,30,33,37-38H,6-8,13-15,17-22,24-29H2,1-4H3,(H,46,50)/b16-5+/t30-,33-,37+,38+,41?,42-,43?/m0/s1. The molecule has 1 spiro atoms. The SMILES string of the molecule is COCC[C@@H]1[C@@H](C)C/C=C/C(CN2CCN3CCOC[C@@H]3C2)(OC)[C@@H]2CCC2(C)CN2C[C@@]3(CCCc4cc(Cl)ccc43)COc3ccc(nc32)C(=O)NS1(=O)=O. The molecule has 0 radical (unpaired) electrons. The van der Waals surface area contributed by atoms with E-state index in [1.54, 1.807) is 19.2 Å². The maximum atomic E-state index is 14.1. The fourth-order valence-corrected chi connectivity index (χ4v) is 12.9. The number of aromatic nitrogens is 1. The van der Waals surface area contributed by atoms with Crippen LogP contribution in [0.15, 0.2) is 42.5 Å². The lowest BCUT2D eigenvalue weighted by Crippen LogP contribution is -2.64. The van der Waals surface area contributed by atoms with Crippen molar-refractivity contribution < 1.29 is 32.2 Å². The Hall–Kier alpha value is -2.78. The van der Waals surface area contributed by atoms with Gasteiger partial charge in [-0.25, -0.2) is 18.1 Å². The fraction of sp³-hybridized carbons (Fsp3) is 0.674. The molecule has 2 bridgehead atoms. The summed E-state index contributed by atoms with van der Waals surface area (Å²) >= 11 is 6.53. The number of halogens is 1. The van der Waals surface area contributed by atoms with E-state index in [9.17, 15) is 13.2 Å². The molecular weight excluding hydrogens is 766 g/mol. The maximum absolute atomic E-state index is 14.1. The first-order chi connectivity index (χ1) is 27.4. The van der Waals surface area contributed by atoms with Gasteiger partial charge in [0, 0.05) is 83.1 Å². The number of allylic oxidation sites excluding steroid dienone is 1. The van der Waals surface area contributed by atoms with Gasteiger partial charge in [0.25, 0.3) is 5.91 Å². The van der Waals surface area contributed by atoms with Crippen LogP contribution in [0.1, 0.15) is 74.0 Å². The first-order valence-electron chi connectivity index (χ1n) is 20.9. The smallest absolute Gasteiger partial charge is 0.283 e. The van der Waals surface area contributed by atoms with Crippen LogP contribution in [0.5, 0.6) is 5.75 Å². The number of nitrogens with zero attached hydrogens (tertiary/aromatic N) is 4. The number of benzene rings is 1. The molecule has 12 nitrogen and oxygen atoms in total. The van der Waals surface area contributed by atoms with Crippen molar-refractivity contribution in [2.45, 2.75) is 81.1 Å². The van der Waals surface area contributed by atoms with Crippen LogP contribution < -0.4 is 14.4 Å². The van der Waals surface area contributed by atoms with Crippen molar-refractivity contribution in [3.05, 3.63) is 64.3 Å². The average Bonchev–Trinajstić information content (AvgIpc) is 3.33. The Labute approximate surface area is 343 Å². The van der Waals surface area contributed by atoms with Crippen LogP contribution in [-0.4, -0.2) is 132 Å². The molecule has 5 heterocycles. The Bertz CT molecular complexity index is 1950. The summed E-state index contributed by atoms with van der Waals surface area (Å²) in [5.74, 6) is 0.239. The minimum Gasteiger partial charge on any atom is -0.489 e. The molecule has 14 heteroatoms. The van der Waals surface area contributed by atoms with Gasteiger partial charge in [-0.05, 0) is 97.6 Å². The highest BCUT2D eigenvalue weighted by molar-refractivity contribution is 7.90. The van der Waals surface area contributed by atoms with E-state index in [4.69, 9.17) is 35.5 Å². The number of aryl methyl sites for hydroxylation is 1. The van der Waals surface area contributed by atoms with E-state index in [1.807, 2.05) is 20.1 Å². The van der Waals surface area contributed by atoms with Crippen LogP contribution in [0, 0.1) is 17.3 Å². The molecule has 2 aliphatic carbocycles. The predicted molar refractivity (Wildman–Crippen MR) is 221 cm³/mol. The second kappa shape index (κ2) is 16.3. The summed E-state index contributed by atoms with van der Waals surface area (Å²) < 4.78 is 55.4. The van der Waals surface area contributed by atoms with Gasteiger partial charge in [-0.2, -0.15) is 0 Å². The van der Waals surface area contributed by atoms with E-state index in [0.29, 0.717) is 43.7 Å². The molecule has 1 amide bonds. The monoisotopic (exact) mass is 825 g/mol. The fourth-order valence-electron chi connectivity index (χ4n) is 11.1. The number of nitrogens with one attached hydrogen (secondary N) is 1. The van der Waals surface area contributed by atoms with Gasteiger partial charge in [0.1, 0.15) is 11.3 Å². The summed E-state index contributed by atoms with van der Waals surface area (Å²) in [6.45, 7) is 12.4. The lowest BCUT2D eigenvalue weighted by molar-refractivity contribution is -0.136. The van der Waals surface area contributed by atoms with Crippen LogP contribution in [0.4, 0.5) is 5.82 Å².